The van der Waals surface area contributed by atoms with Gasteiger partial charge in [-0.2, -0.15) is 0 Å². The summed E-state index contributed by atoms with van der Waals surface area (Å²) in [6.45, 7) is 2.02. The van der Waals surface area contributed by atoms with Gasteiger partial charge in [-0.25, -0.2) is 4.39 Å². The van der Waals surface area contributed by atoms with Crippen molar-refractivity contribution in [2.45, 2.75) is 6.92 Å². The van der Waals surface area contributed by atoms with Gasteiger partial charge in [0.2, 0.25) is 0 Å². The molecule has 19 heavy (non-hydrogen) atoms. The molecular weight excluding hydrogens is 327 g/mol. The van der Waals surface area contributed by atoms with E-state index in [0.717, 1.165) is 16.6 Å². The highest BCUT2D eigenvalue weighted by molar-refractivity contribution is 9.10. The molecule has 0 spiro atoms. The monoisotopic (exact) mass is 336 g/mol. The van der Waals surface area contributed by atoms with E-state index >= 15 is 0 Å². The molecule has 0 bridgehead atoms. The number of imidazole rings is 1. The maximum atomic E-state index is 13.7. The van der Waals surface area contributed by atoms with Crippen molar-refractivity contribution in [1.82, 2.24) is 9.55 Å². The fraction of sp³-hybridized carbons (Fsp3) is 0.0714. The largest absolute Gasteiger partial charge is 0.330 e. The fourth-order valence-electron chi connectivity index (χ4n) is 2.09. The second kappa shape index (κ2) is 4.58. The van der Waals surface area contributed by atoms with Gasteiger partial charge >= 0.3 is 0 Å². The van der Waals surface area contributed by atoms with Gasteiger partial charge in [-0.1, -0.05) is 6.07 Å². The molecule has 2 aromatic carbocycles. The fourth-order valence-corrected chi connectivity index (χ4v) is 2.65. The summed E-state index contributed by atoms with van der Waals surface area (Å²) in [4.78, 5) is 3.13. The predicted molar refractivity (Wildman–Crippen MR) is 80.9 cm³/mol. The Balaban J connectivity index is 2.35. The van der Waals surface area contributed by atoms with E-state index in [0.29, 0.717) is 14.9 Å². The first-order chi connectivity index (χ1) is 9.06. The Morgan fingerprint density at radius 2 is 2.00 bits per heavy atom. The number of benzene rings is 2. The molecule has 0 radical (unpaired) electrons. The van der Waals surface area contributed by atoms with Gasteiger partial charge in [-0.15, -0.1) is 0 Å². The zero-order valence-corrected chi connectivity index (χ0v) is 12.5. The normalized spacial score (nSPS) is 11.1. The number of aromatic amines is 1. The summed E-state index contributed by atoms with van der Waals surface area (Å²) >= 11 is 8.48. The molecule has 1 heterocycles. The quantitative estimate of drug-likeness (QED) is 0.627. The number of nitrogens with one attached hydrogen (secondary N) is 1. The number of hydrogen-bond donors (Lipinski definition) is 1. The van der Waals surface area contributed by atoms with Crippen molar-refractivity contribution in [3.63, 3.8) is 0 Å². The number of H-pyrrole nitrogens is 1. The number of hydrogen-bond acceptors (Lipinski definition) is 1. The Bertz CT molecular complexity index is 835. The average Bonchev–Trinajstić information content (AvgIpc) is 2.68. The van der Waals surface area contributed by atoms with E-state index < -0.39 is 0 Å². The highest BCUT2D eigenvalue weighted by Crippen LogP contribution is 2.24. The third-order valence-electron chi connectivity index (χ3n) is 3.00. The molecule has 0 saturated carbocycles. The van der Waals surface area contributed by atoms with Gasteiger partial charge in [0.05, 0.1) is 21.2 Å². The van der Waals surface area contributed by atoms with Gasteiger partial charge in [0.25, 0.3) is 0 Å². The van der Waals surface area contributed by atoms with Crippen molar-refractivity contribution < 1.29 is 4.39 Å². The van der Waals surface area contributed by atoms with Gasteiger partial charge in [-0.05, 0) is 71.0 Å². The molecule has 3 rings (SSSR count). The van der Waals surface area contributed by atoms with Crippen molar-refractivity contribution in [3.05, 3.63) is 57.0 Å². The summed E-state index contributed by atoms with van der Waals surface area (Å²) in [6.07, 6.45) is 0. The standard InChI is InChI=1S/C14H10BrFN2S/c1-8-2-5-12-13(6-8)18(14(19)17-12)9-3-4-10(15)11(16)7-9/h2-7H,1H3,(H,17,19). The van der Waals surface area contributed by atoms with E-state index in [-0.39, 0.29) is 5.82 Å². The Hall–Kier alpha value is -1.46. The minimum atomic E-state index is -0.304. The lowest BCUT2D eigenvalue weighted by Crippen LogP contribution is -1.95. The van der Waals surface area contributed by atoms with Crippen LogP contribution in [0.1, 0.15) is 5.56 Å². The summed E-state index contributed by atoms with van der Waals surface area (Å²) in [5, 5.41) is 0. The molecule has 0 fully saturated rings. The Kier molecular flexibility index (Phi) is 3.03. The van der Waals surface area contributed by atoms with E-state index in [4.69, 9.17) is 12.2 Å². The van der Waals surface area contributed by atoms with Crippen LogP contribution in [0.25, 0.3) is 16.7 Å². The molecule has 0 atom stereocenters. The molecule has 0 unspecified atom stereocenters. The predicted octanol–water partition coefficient (Wildman–Crippen LogP) is 4.90. The molecule has 0 aliphatic heterocycles. The number of aryl methyl sites for hydroxylation is 1. The van der Waals surface area contributed by atoms with E-state index in [1.807, 2.05) is 35.8 Å². The van der Waals surface area contributed by atoms with Crippen LogP contribution in [0.5, 0.6) is 0 Å². The van der Waals surface area contributed by atoms with E-state index in [9.17, 15) is 4.39 Å². The first kappa shape index (κ1) is 12.6. The smallest absolute Gasteiger partial charge is 0.182 e. The van der Waals surface area contributed by atoms with Crippen LogP contribution in [0, 0.1) is 17.5 Å². The van der Waals surface area contributed by atoms with Gasteiger partial charge in [0.15, 0.2) is 4.77 Å². The van der Waals surface area contributed by atoms with Gasteiger partial charge < -0.3 is 4.98 Å². The third kappa shape index (κ3) is 2.13. The summed E-state index contributed by atoms with van der Waals surface area (Å²) in [5.74, 6) is -0.304. The average molecular weight is 337 g/mol. The van der Waals surface area contributed by atoms with Gasteiger partial charge in [0.1, 0.15) is 5.82 Å². The lowest BCUT2D eigenvalue weighted by Gasteiger charge is -2.06. The molecule has 2 nitrogen and oxygen atoms in total. The highest BCUT2D eigenvalue weighted by Gasteiger charge is 2.08. The molecule has 5 heteroatoms. The molecule has 3 aromatic rings. The number of rotatable bonds is 1. The van der Waals surface area contributed by atoms with Crippen molar-refractivity contribution in [1.29, 1.82) is 0 Å². The number of fused-ring (bicyclic) bond motifs is 1. The lowest BCUT2D eigenvalue weighted by atomic mass is 10.2. The second-order valence-corrected chi connectivity index (χ2v) is 5.63. The molecule has 0 amide bonds. The Morgan fingerprint density at radius 3 is 2.74 bits per heavy atom. The summed E-state index contributed by atoms with van der Waals surface area (Å²) < 4.78 is 16.5. The topological polar surface area (TPSA) is 20.7 Å². The minimum Gasteiger partial charge on any atom is -0.330 e. The van der Waals surface area contributed by atoms with Gasteiger partial charge in [0, 0.05) is 0 Å². The summed E-state index contributed by atoms with van der Waals surface area (Å²) in [5.41, 5.74) is 3.74. The molecule has 1 aromatic heterocycles. The lowest BCUT2D eigenvalue weighted by molar-refractivity contribution is 0.620. The molecular formula is C14H10BrFN2S. The second-order valence-electron chi connectivity index (χ2n) is 4.38. The molecule has 1 N–H and O–H groups in total. The highest BCUT2D eigenvalue weighted by atomic mass is 79.9. The minimum absolute atomic E-state index is 0.304. The SMILES string of the molecule is Cc1ccc2[nH]c(=S)n(-c3ccc(Br)c(F)c3)c2c1. The third-order valence-corrected chi connectivity index (χ3v) is 3.93. The maximum Gasteiger partial charge on any atom is 0.182 e. The zero-order chi connectivity index (χ0) is 13.6. The van der Waals surface area contributed by atoms with Crippen molar-refractivity contribution in [2.75, 3.05) is 0 Å². The molecule has 0 aliphatic carbocycles. The van der Waals surface area contributed by atoms with Crippen LogP contribution in [0.15, 0.2) is 40.9 Å². The number of halogens is 2. The first-order valence-electron chi connectivity index (χ1n) is 5.73. The number of nitrogens with zero attached hydrogens (tertiary/aromatic N) is 1. The van der Waals surface area contributed by atoms with Crippen LogP contribution in [-0.4, -0.2) is 9.55 Å². The van der Waals surface area contributed by atoms with E-state index in [1.165, 1.54) is 6.07 Å². The Labute approximate surface area is 123 Å². The van der Waals surface area contributed by atoms with Crippen LogP contribution in [0.2, 0.25) is 0 Å². The van der Waals surface area contributed by atoms with Crippen molar-refractivity contribution in [2.24, 2.45) is 0 Å². The van der Waals surface area contributed by atoms with Crippen LogP contribution in [0.3, 0.4) is 0 Å². The maximum absolute atomic E-state index is 13.7. The van der Waals surface area contributed by atoms with Crippen LogP contribution in [0.4, 0.5) is 4.39 Å². The molecule has 96 valence electrons. The Morgan fingerprint density at radius 1 is 1.21 bits per heavy atom. The summed E-state index contributed by atoms with van der Waals surface area (Å²) in [6, 6.07) is 11.0. The zero-order valence-electron chi connectivity index (χ0n) is 10.1. The summed E-state index contributed by atoms with van der Waals surface area (Å²) in [7, 11) is 0. The first-order valence-corrected chi connectivity index (χ1v) is 6.93. The molecule has 0 aliphatic rings. The van der Waals surface area contributed by atoms with E-state index in [2.05, 4.69) is 20.9 Å². The van der Waals surface area contributed by atoms with Crippen LogP contribution >= 0.6 is 28.1 Å². The molecule has 0 saturated heterocycles. The van der Waals surface area contributed by atoms with E-state index in [1.54, 1.807) is 6.07 Å². The van der Waals surface area contributed by atoms with Crippen molar-refractivity contribution in [3.8, 4) is 5.69 Å². The number of aromatic nitrogens is 2. The van der Waals surface area contributed by atoms with Crippen LogP contribution in [-0.2, 0) is 0 Å². The van der Waals surface area contributed by atoms with Gasteiger partial charge in [-0.3, -0.25) is 4.57 Å². The van der Waals surface area contributed by atoms with Crippen LogP contribution < -0.4 is 0 Å². The van der Waals surface area contributed by atoms with Crippen molar-refractivity contribution >= 4 is 39.2 Å².